The van der Waals surface area contributed by atoms with E-state index in [1.807, 2.05) is 43.3 Å². The maximum absolute atomic E-state index is 11.8. The highest BCUT2D eigenvalue weighted by atomic mass is 16.5. The van der Waals surface area contributed by atoms with Crippen LogP contribution in [0.25, 0.3) is 22.2 Å². The lowest BCUT2D eigenvalue weighted by atomic mass is 10.1. The molecule has 0 fully saturated rings. The standard InChI is InChI=1S/C23H29N3O3/c1-4-7-13-26-20-15-18(28-5-2)11-12-19(20)21(24)22(26)16-9-8-10-17(14-16)25-23(27)29-6-3/h8-12,14-15H,4-7,13,24H2,1-3H3,(H,25,27). The number of rotatable bonds is 8. The number of nitrogens with one attached hydrogen (secondary N) is 1. The van der Waals surface area contributed by atoms with Crippen molar-refractivity contribution in [1.82, 2.24) is 4.57 Å². The number of hydrogen-bond acceptors (Lipinski definition) is 4. The molecule has 0 saturated heterocycles. The van der Waals surface area contributed by atoms with Gasteiger partial charge in [0.05, 0.1) is 30.1 Å². The van der Waals surface area contributed by atoms with E-state index in [-0.39, 0.29) is 0 Å². The van der Waals surface area contributed by atoms with Gasteiger partial charge in [0.2, 0.25) is 0 Å². The lowest BCUT2D eigenvalue weighted by Gasteiger charge is -2.13. The van der Waals surface area contributed by atoms with Gasteiger partial charge in [-0.15, -0.1) is 0 Å². The van der Waals surface area contributed by atoms with Gasteiger partial charge in [-0.3, -0.25) is 5.32 Å². The summed E-state index contributed by atoms with van der Waals surface area (Å²) in [5, 5.41) is 3.77. The molecule has 0 bridgehead atoms. The minimum atomic E-state index is -0.467. The number of amides is 1. The number of aromatic nitrogens is 1. The van der Waals surface area contributed by atoms with Crippen LogP contribution in [0.3, 0.4) is 0 Å². The van der Waals surface area contributed by atoms with E-state index in [4.69, 9.17) is 15.2 Å². The third-order valence-electron chi connectivity index (χ3n) is 4.78. The minimum Gasteiger partial charge on any atom is -0.494 e. The Labute approximate surface area is 171 Å². The summed E-state index contributed by atoms with van der Waals surface area (Å²) in [4.78, 5) is 11.8. The second kappa shape index (κ2) is 9.37. The Morgan fingerprint density at radius 3 is 2.66 bits per heavy atom. The highest BCUT2D eigenvalue weighted by Gasteiger charge is 2.18. The summed E-state index contributed by atoms with van der Waals surface area (Å²) in [7, 11) is 0. The third-order valence-corrected chi connectivity index (χ3v) is 4.78. The molecule has 154 valence electrons. The van der Waals surface area contributed by atoms with Crippen LogP contribution in [-0.4, -0.2) is 23.9 Å². The van der Waals surface area contributed by atoms with Crippen molar-refractivity contribution in [2.75, 3.05) is 24.3 Å². The predicted octanol–water partition coefficient (Wildman–Crippen LogP) is 5.66. The fraction of sp³-hybridized carbons (Fsp3) is 0.348. The van der Waals surface area contributed by atoms with Gasteiger partial charge in [0, 0.05) is 29.2 Å². The average Bonchev–Trinajstić information content (AvgIpc) is 2.98. The molecule has 1 amide bonds. The van der Waals surface area contributed by atoms with E-state index < -0.39 is 6.09 Å². The molecule has 0 unspecified atom stereocenters. The predicted molar refractivity (Wildman–Crippen MR) is 119 cm³/mol. The van der Waals surface area contributed by atoms with Crippen molar-refractivity contribution < 1.29 is 14.3 Å². The first-order valence-corrected chi connectivity index (χ1v) is 10.2. The summed E-state index contributed by atoms with van der Waals surface area (Å²) in [6, 6.07) is 13.7. The molecule has 0 aliphatic carbocycles. The minimum absolute atomic E-state index is 0.325. The van der Waals surface area contributed by atoms with Crippen molar-refractivity contribution in [3.05, 3.63) is 42.5 Å². The Balaban J connectivity index is 2.10. The van der Waals surface area contributed by atoms with E-state index >= 15 is 0 Å². The van der Waals surface area contributed by atoms with Crippen LogP contribution in [0.4, 0.5) is 16.2 Å². The number of aryl methyl sites for hydroxylation is 1. The Kier molecular flexibility index (Phi) is 6.65. The van der Waals surface area contributed by atoms with Gasteiger partial charge in [0.1, 0.15) is 5.75 Å². The number of nitrogens with two attached hydrogens (primary N) is 1. The Hall–Kier alpha value is -3.15. The molecule has 0 radical (unpaired) electrons. The third kappa shape index (κ3) is 4.47. The molecule has 1 heterocycles. The zero-order valence-electron chi connectivity index (χ0n) is 17.3. The molecule has 0 atom stereocenters. The van der Waals surface area contributed by atoms with Crippen LogP contribution >= 0.6 is 0 Å². The molecule has 0 aliphatic heterocycles. The van der Waals surface area contributed by atoms with E-state index in [0.717, 1.165) is 53.0 Å². The second-order valence-electron chi connectivity index (χ2n) is 6.81. The first-order valence-electron chi connectivity index (χ1n) is 10.2. The highest BCUT2D eigenvalue weighted by Crippen LogP contribution is 2.38. The lowest BCUT2D eigenvalue weighted by Crippen LogP contribution is -2.13. The van der Waals surface area contributed by atoms with Gasteiger partial charge in [-0.25, -0.2) is 4.79 Å². The molecule has 6 heteroatoms. The fourth-order valence-corrected chi connectivity index (χ4v) is 3.50. The largest absolute Gasteiger partial charge is 0.494 e. The van der Waals surface area contributed by atoms with E-state index in [0.29, 0.717) is 18.9 Å². The molecule has 0 aliphatic rings. The molecule has 1 aromatic heterocycles. The fourth-order valence-electron chi connectivity index (χ4n) is 3.50. The molecule has 3 aromatic rings. The van der Waals surface area contributed by atoms with E-state index in [2.05, 4.69) is 22.9 Å². The van der Waals surface area contributed by atoms with Gasteiger partial charge in [-0.05, 0) is 44.5 Å². The van der Waals surface area contributed by atoms with Crippen molar-refractivity contribution in [2.45, 2.75) is 40.2 Å². The maximum Gasteiger partial charge on any atom is 0.411 e. The second-order valence-corrected chi connectivity index (χ2v) is 6.81. The van der Waals surface area contributed by atoms with E-state index in [1.165, 1.54) is 0 Å². The van der Waals surface area contributed by atoms with Crippen molar-refractivity contribution in [2.24, 2.45) is 0 Å². The number of fused-ring (bicyclic) bond motifs is 1. The maximum atomic E-state index is 11.8. The molecule has 3 N–H and O–H groups in total. The zero-order chi connectivity index (χ0) is 20.8. The van der Waals surface area contributed by atoms with Gasteiger partial charge >= 0.3 is 6.09 Å². The number of carbonyl (C=O) groups excluding carboxylic acids is 1. The first kappa shape index (κ1) is 20.6. The molecule has 0 spiro atoms. The van der Waals surface area contributed by atoms with Crippen molar-refractivity contribution in [1.29, 1.82) is 0 Å². The lowest BCUT2D eigenvalue weighted by molar-refractivity contribution is 0.168. The van der Waals surface area contributed by atoms with Crippen LogP contribution in [0, 0.1) is 0 Å². The zero-order valence-corrected chi connectivity index (χ0v) is 17.3. The highest BCUT2D eigenvalue weighted by molar-refractivity contribution is 6.02. The van der Waals surface area contributed by atoms with Gasteiger partial charge in [0.25, 0.3) is 0 Å². The van der Waals surface area contributed by atoms with Crippen LogP contribution < -0.4 is 15.8 Å². The van der Waals surface area contributed by atoms with Crippen molar-refractivity contribution >= 4 is 28.4 Å². The van der Waals surface area contributed by atoms with E-state index in [1.54, 1.807) is 6.92 Å². The molecule has 0 saturated carbocycles. The first-order chi connectivity index (χ1) is 14.1. The van der Waals surface area contributed by atoms with Crippen molar-refractivity contribution in [3.8, 4) is 17.0 Å². The summed E-state index contributed by atoms with van der Waals surface area (Å²) >= 11 is 0. The summed E-state index contributed by atoms with van der Waals surface area (Å²) in [5.41, 5.74) is 10.9. The molecule has 3 rings (SSSR count). The van der Waals surface area contributed by atoms with E-state index in [9.17, 15) is 4.79 Å². The summed E-state index contributed by atoms with van der Waals surface area (Å²) in [6.45, 7) is 7.72. The quantitative estimate of drug-likeness (QED) is 0.516. The summed E-state index contributed by atoms with van der Waals surface area (Å²) < 4.78 is 12.9. The Morgan fingerprint density at radius 2 is 1.93 bits per heavy atom. The van der Waals surface area contributed by atoms with Crippen LogP contribution in [0.5, 0.6) is 5.75 Å². The normalized spacial score (nSPS) is 10.9. The topological polar surface area (TPSA) is 78.5 Å². The smallest absolute Gasteiger partial charge is 0.411 e. The molecule has 29 heavy (non-hydrogen) atoms. The van der Waals surface area contributed by atoms with Crippen LogP contribution in [0.1, 0.15) is 33.6 Å². The van der Waals surface area contributed by atoms with Crippen LogP contribution in [0.2, 0.25) is 0 Å². The molecule has 2 aromatic carbocycles. The Bertz CT molecular complexity index is 994. The molecular weight excluding hydrogens is 366 g/mol. The number of nitrogens with zero attached hydrogens (tertiary/aromatic N) is 1. The molecular formula is C23H29N3O3. The average molecular weight is 396 g/mol. The SMILES string of the molecule is CCCCn1c(-c2cccc(NC(=O)OCC)c2)c(N)c2ccc(OCC)cc21. The number of ether oxygens (including phenoxy) is 2. The number of anilines is 2. The number of carbonyl (C=O) groups is 1. The Morgan fingerprint density at radius 1 is 1.10 bits per heavy atom. The number of hydrogen-bond donors (Lipinski definition) is 2. The number of benzene rings is 2. The van der Waals surface area contributed by atoms with Crippen molar-refractivity contribution in [3.63, 3.8) is 0 Å². The van der Waals surface area contributed by atoms with Gasteiger partial charge in [-0.2, -0.15) is 0 Å². The van der Waals surface area contributed by atoms with Crippen LogP contribution in [-0.2, 0) is 11.3 Å². The van der Waals surface area contributed by atoms with Gasteiger partial charge < -0.3 is 19.8 Å². The molecule has 6 nitrogen and oxygen atoms in total. The van der Waals surface area contributed by atoms with Crippen LogP contribution in [0.15, 0.2) is 42.5 Å². The number of unbranched alkanes of at least 4 members (excludes halogenated alkanes) is 1. The van der Waals surface area contributed by atoms with Gasteiger partial charge in [-0.1, -0.05) is 25.5 Å². The monoisotopic (exact) mass is 395 g/mol. The summed E-state index contributed by atoms with van der Waals surface area (Å²) in [5.74, 6) is 0.833. The van der Waals surface area contributed by atoms with Gasteiger partial charge in [0.15, 0.2) is 0 Å². The summed E-state index contributed by atoms with van der Waals surface area (Å²) in [6.07, 6.45) is 1.65. The number of nitrogen functional groups attached to an aromatic ring is 1.